The van der Waals surface area contributed by atoms with Gasteiger partial charge in [0, 0.05) is 41.9 Å². The number of carbonyl (C=O) groups excluding carboxylic acids is 2. The van der Waals surface area contributed by atoms with Crippen molar-refractivity contribution in [3.05, 3.63) is 76.6 Å². The third-order valence-electron chi connectivity index (χ3n) is 5.74. The molecule has 0 spiro atoms. The van der Waals surface area contributed by atoms with Crippen LogP contribution in [0.4, 0.5) is 10.8 Å². The zero-order valence-electron chi connectivity index (χ0n) is 18.9. The molecule has 1 N–H and O–H groups in total. The van der Waals surface area contributed by atoms with Crippen LogP contribution in [0.15, 0.2) is 52.5 Å². The molecule has 5 rings (SSSR count). The molecule has 1 aliphatic heterocycles. The Hall–Kier alpha value is -3.85. The summed E-state index contributed by atoms with van der Waals surface area (Å²) in [7, 11) is 0. The van der Waals surface area contributed by atoms with E-state index >= 15 is 0 Å². The molecule has 34 heavy (non-hydrogen) atoms. The quantitative estimate of drug-likeness (QED) is 0.432. The molecule has 9 heteroatoms. The fraction of sp³-hybridized carbons (Fsp3) is 0.240. The van der Waals surface area contributed by atoms with Gasteiger partial charge in [-0.05, 0) is 48.7 Å². The lowest BCUT2D eigenvalue weighted by molar-refractivity contribution is -0.119. The van der Waals surface area contributed by atoms with Crippen LogP contribution in [0.3, 0.4) is 0 Å². The van der Waals surface area contributed by atoms with Crippen LogP contribution in [-0.4, -0.2) is 26.8 Å². The van der Waals surface area contributed by atoms with Crippen molar-refractivity contribution in [2.24, 2.45) is 0 Å². The average Bonchev–Trinajstić information content (AvgIpc) is 3.47. The number of hydrogen-bond donors (Lipinski definition) is 1. The topological polar surface area (TPSA) is 101 Å². The van der Waals surface area contributed by atoms with Gasteiger partial charge in [-0.2, -0.15) is 0 Å². The molecule has 0 radical (unpaired) electrons. The molecular weight excluding hydrogens is 450 g/mol. The van der Waals surface area contributed by atoms with E-state index in [1.54, 1.807) is 19.3 Å². The highest BCUT2D eigenvalue weighted by Crippen LogP contribution is 2.34. The molecule has 172 valence electrons. The highest BCUT2D eigenvalue weighted by atomic mass is 32.1. The average molecular weight is 474 g/mol. The normalized spacial score (nSPS) is 13.1. The van der Waals surface area contributed by atoms with Gasteiger partial charge >= 0.3 is 0 Å². The van der Waals surface area contributed by atoms with Gasteiger partial charge in [-0.15, -0.1) is 11.3 Å². The Balaban J connectivity index is 1.35. The second kappa shape index (κ2) is 9.18. The Morgan fingerprint density at radius 1 is 1.18 bits per heavy atom. The summed E-state index contributed by atoms with van der Waals surface area (Å²) in [5, 5.41) is 5.20. The van der Waals surface area contributed by atoms with Crippen LogP contribution in [-0.2, 0) is 24.2 Å². The number of anilines is 2. The Labute approximate surface area is 200 Å². The summed E-state index contributed by atoms with van der Waals surface area (Å²) < 4.78 is 5.53. The molecular formula is C25H23N5O3S. The molecule has 0 bridgehead atoms. The van der Waals surface area contributed by atoms with Crippen molar-refractivity contribution in [2.45, 2.75) is 39.7 Å². The minimum Gasteiger partial charge on any atom is -0.435 e. The number of aryl methyl sites for hydroxylation is 3. The Bertz CT molecular complexity index is 1360. The number of pyridine rings is 1. The largest absolute Gasteiger partial charge is 0.435 e. The molecule has 3 aromatic heterocycles. The molecule has 0 saturated heterocycles. The lowest BCUT2D eigenvalue weighted by Gasteiger charge is -2.30. The highest BCUT2D eigenvalue weighted by Gasteiger charge is 2.25. The number of benzene rings is 1. The van der Waals surface area contributed by atoms with E-state index < -0.39 is 0 Å². The van der Waals surface area contributed by atoms with E-state index in [-0.39, 0.29) is 17.6 Å². The summed E-state index contributed by atoms with van der Waals surface area (Å²) in [5.74, 6) is 0.500. The second-order valence-electron chi connectivity index (χ2n) is 8.05. The van der Waals surface area contributed by atoms with Gasteiger partial charge in [0.15, 0.2) is 11.0 Å². The lowest BCUT2D eigenvalue weighted by Crippen LogP contribution is -2.34. The van der Waals surface area contributed by atoms with Crippen LogP contribution in [0.25, 0.3) is 11.3 Å². The van der Waals surface area contributed by atoms with Crippen LogP contribution in [0.5, 0.6) is 0 Å². The molecule has 0 atom stereocenters. The first-order valence-corrected chi connectivity index (χ1v) is 12.0. The number of amides is 2. The fourth-order valence-corrected chi connectivity index (χ4v) is 4.71. The first-order valence-electron chi connectivity index (χ1n) is 11.1. The van der Waals surface area contributed by atoms with Gasteiger partial charge in [0.2, 0.25) is 11.7 Å². The minimum absolute atomic E-state index is 0.115. The number of nitrogens with zero attached hydrogens (tertiary/aromatic N) is 4. The van der Waals surface area contributed by atoms with E-state index in [0.717, 1.165) is 28.1 Å². The van der Waals surface area contributed by atoms with Crippen LogP contribution < -0.4 is 10.2 Å². The Morgan fingerprint density at radius 3 is 2.76 bits per heavy atom. The Kier molecular flexibility index (Phi) is 5.93. The molecule has 0 unspecified atom stereocenters. The number of hydrogen-bond acceptors (Lipinski definition) is 7. The summed E-state index contributed by atoms with van der Waals surface area (Å²) in [6.07, 6.45) is 5.25. The van der Waals surface area contributed by atoms with Crippen LogP contribution in [0, 0.1) is 6.92 Å². The molecule has 4 heterocycles. The zero-order chi connectivity index (χ0) is 23.7. The summed E-state index contributed by atoms with van der Waals surface area (Å²) in [6.45, 7) is 4.19. The van der Waals surface area contributed by atoms with Gasteiger partial charge in [-0.25, -0.2) is 9.97 Å². The number of rotatable bonds is 6. The second-order valence-corrected chi connectivity index (χ2v) is 8.90. The first kappa shape index (κ1) is 22.0. The van der Waals surface area contributed by atoms with Crippen molar-refractivity contribution < 1.29 is 14.0 Å². The van der Waals surface area contributed by atoms with E-state index in [1.807, 2.05) is 41.5 Å². The highest BCUT2D eigenvalue weighted by molar-refractivity contribution is 7.14. The molecule has 8 nitrogen and oxygen atoms in total. The van der Waals surface area contributed by atoms with Crippen molar-refractivity contribution in [1.29, 1.82) is 0 Å². The molecule has 0 saturated carbocycles. The molecule has 1 aromatic carbocycles. The van der Waals surface area contributed by atoms with Crippen molar-refractivity contribution in [3.63, 3.8) is 0 Å². The van der Waals surface area contributed by atoms with E-state index in [4.69, 9.17) is 4.42 Å². The summed E-state index contributed by atoms with van der Waals surface area (Å²) in [5.41, 5.74) is 5.34. The Morgan fingerprint density at radius 2 is 2.00 bits per heavy atom. The van der Waals surface area contributed by atoms with Gasteiger partial charge in [-0.1, -0.05) is 13.0 Å². The van der Waals surface area contributed by atoms with Gasteiger partial charge in [0.25, 0.3) is 5.91 Å². The van der Waals surface area contributed by atoms with E-state index in [0.29, 0.717) is 42.5 Å². The summed E-state index contributed by atoms with van der Waals surface area (Å²) in [6, 6.07) is 9.86. The van der Waals surface area contributed by atoms with Crippen LogP contribution in [0.1, 0.15) is 46.6 Å². The number of oxazole rings is 1. The molecule has 0 fully saturated rings. The van der Waals surface area contributed by atoms with E-state index in [1.165, 1.54) is 11.3 Å². The van der Waals surface area contributed by atoms with E-state index in [2.05, 4.69) is 26.3 Å². The number of thiazole rings is 1. The first-order chi connectivity index (χ1) is 16.5. The maximum atomic E-state index is 12.6. The van der Waals surface area contributed by atoms with Crippen molar-refractivity contribution in [3.8, 4) is 11.3 Å². The van der Waals surface area contributed by atoms with Gasteiger partial charge in [0.1, 0.15) is 0 Å². The van der Waals surface area contributed by atoms with Crippen molar-refractivity contribution in [1.82, 2.24) is 15.0 Å². The molecule has 1 aliphatic rings. The maximum absolute atomic E-state index is 12.6. The monoisotopic (exact) mass is 473 g/mol. The summed E-state index contributed by atoms with van der Waals surface area (Å²) in [4.78, 5) is 39.9. The van der Waals surface area contributed by atoms with E-state index in [9.17, 15) is 9.59 Å². The number of aromatic nitrogens is 3. The molecule has 0 aliphatic carbocycles. The third-order valence-corrected chi connectivity index (χ3v) is 6.50. The molecule has 2 amide bonds. The van der Waals surface area contributed by atoms with Crippen molar-refractivity contribution >= 4 is 34.0 Å². The third kappa shape index (κ3) is 4.34. The van der Waals surface area contributed by atoms with Crippen LogP contribution >= 0.6 is 11.3 Å². The molecule has 4 aromatic rings. The standard InChI is InChI=1S/C25H23N5O3S/c1-3-21-27-15(2)23(33-21)24(32)29-25-28-19(14-34-25)17-4-6-20-18(12-17)5-7-22(31)30(20)13-16-8-10-26-11-9-16/h4,6,8-12,14H,3,5,7,13H2,1-2H3,(H,28,29,32). The summed E-state index contributed by atoms with van der Waals surface area (Å²) >= 11 is 1.35. The lowest BCUT2D eigenvalue weighted by atomic mass is 9.97. The SMILES string of the molecule is CCc1nc(C)c(C(=O)Nc2nc(-c3ccc4c(c3)CCC(=O)N4Cc3ccncc3)cs2)o1. The fourth-order valence-electron chi connectivity index (χ4n) is 4.00. The minimum atomic E-state index is -0.360. The van der Waals surface area contributed by atoms with Gasteiger partial charge < -0.3 is 9.32 Å². The predicted molar refractivity (Wildman–Crippen MR) is 130 cm³/mol. The van der Waals surface area contributed by atoms with Gasteiger partial charge in [0.05, 0.1) is 17.9 Å². The maximum Gasteiger partial charge on any atom is 0.295 e. The predicted octanol–water partition coefficient (Wildman–Crippen LogP) is 4.80. The van der Waals surface area contributed by atoms with Gasteiger partial charge in [-0.3, -0.25) is 19.9 Å². The number of carbonyl (C=O) groups is 2. The number of fused-ring (bicyclic) bond motifs is 1. The number of nitrogens with one attached hydrogen (secondary N) is 1. The van der Waals surface area contributed by atoms with Crippen molar-refractivity contribution in [2.75, 3.05) is 10.2 Å². The van der Waals surface area contributed by atoms with Crippen LogP contribution in [0.2, 0.25) is 0 Å². The smallest absolute Gasteiger partial charge is 0.295 e. The zero-order valence-corrected chi connectivity index (χ0v) is 19.7.